The molecule has 0 aromatic heterocycles. The molecule has 0 saturated heterocycles. The maximum atomic E-state index is 13.3. The Labute approximate surface area is 200 Å². The third-order valence-electron chi connectivity index (χ3n) is 5.28. The van der Waals surface area contributed by atoms with Crippen molar-refractivity contribution in [3.8, 4) is 5.75 Å². The van der Waals surface area contributed by atoms with Crippen molar-refractivity contribution in [3.05, 3.63) is 64.7 Å². The Hall–Kier alpha value is -2.18. The van der Waals surface area contributed by atoms with E-state index in [0.29, 0.717) is 29.5 Å². The smallest absolute Gasteiger partial charge is 0.243 e. The summed E-state index contributed by atoms with van der Waals surface area (Å²) >= 11 is 7.48. The summed E-state index contributed by atoms with van der Waals surface area (Å²) in [7, 11) is 1.61. The number of ether oxygens (including phenoxy) is 1. The number of nitrogens with zero attached hydrogens (tertiary/aromatic N) is 1. The quantitative estimate of drug-likeness (QED) is 0.451. The van der Waals surface area contributed by atoms with Crippen molar-refractivity contribution >= 4 is 35.2 Å². The van der Waals surface area contributed by atoms with Gasteiger partial charge in [0, 0.05) is 23.4 Å². The van der Waals surface area contributed by atoms with Gasteiger partial charge in [0.05, 0.1) is 12.9 Å². The van der Waals surface area contributed by atoms with Crippen LogP contribution >= 0.6 is 23.4 Å². The molecule has 1 N–H and O–H groups in total. The molecule has 0 saturated carbocycles. The van der Waals surface area contributed by atoms with Crippen molar-refractivity contribution in [2.45, 2.75) is 58.0 Å². The predicted octanol–water partition coefficient (Wildman–Crippen LogP) is 5.30. The molecular formula is C25H33ClN2O3S. The fourth-order valence-electron chi connectivity index (χ4n) is 3.25. The van der Waals surface area contributed by atoms with Crippen molar-refractivity contribution in [2.75, 3.05) is 12.9 Å². The fourth-order valence-corrected chi connectivity index (χ4v) is 4.24. The molecule has 0 aliphatic heterocycles. The van der Waals surface area contributed by atoms with Gasteiger partial charge in [-0.3, -0.25) is 9.59 Å². The molecule has 2 unspecified atom stereocenters. The average molecular weight is 477 g/mol. The standard InChI is InChI=1S/C25H33ClN2O3S/c1-5-18(3)27-25(30)23(6-2)28(15-20-8-7-9-22(14-20)31-4)24(29)17-32-16-19-10-12-21(26)13-11-19/h7-14,18,23H,5-6,15-17H2,1-4H3,(H,27,30). The summed E-state index contributed by atoms with van der Waals surface area (Å²) in [6.07, 6.45) is 1.38. The first-order chi connectivity index (χ1) is 15.4. The lowest BCUT2D eigenvalue weighted by molar-refractivity contribution is -0.139. The normalized spacial score (nSPS) is 12.7. The minimum absolute atomic E-state index is 0.0575. The summed E-state index contributed by atoms with van der Waals surface area (Å²) < 4.78 is 5.32. The van der Waals surface area contributed by atoms with E-state index >= 15 is 0 Å². The van der Waals surface area contributed by atoms with Crippen LogP contribution in [0.4, 0.5) is 0 Å². The van der Waals surface area contributed by atoms with E-state index in [9.17, 15) is 9.59 Å². The molecule has 5 nitrogen and oxygen atoms in total. The molecule has 2 rings (SSSR count). The van der Waals surface area contributed by atoms with E-state index in [1.54, 1.807) is 12.0 Å². The van der Waals surface area contributed by atoms with Crippen molar-refractivity contribution in [3.63, 3.8) is 0 Å². The number of amides is 2. The Balaban J connectivity index is 2.15. The van der Waals surface area contributed by atoms with E-state index in [0.717, 1.165) is 23.3 Å². The minimum atomic E-state index is -0.529. The van der Waals surface area contributed by atoms with Crippen molar-refractivity contribution in [1.82, 2.24) is 10.2 Å². The maximum Gasteiger partial charge on any atom is 0.243 e. The second kappa shape index (κ2) is 13.4. The van der Waals surface area contributed by atoms with Crippen molar-refractivity contribution in [2.24, 2.45) is 0 Å². The summed E-state index contributed by atoms with van der Waals surface area (Å²) in [5.41, 5.74) is 2.03. The molecule has 0 heterocycles. The Kier molecular flexibility index (Phi) is 10.9. The Bertz CT molecular complexity index is 876. The second-order valence-corrected chi connectivity index (χ2v) is 9.16. The number of benzene rings is 2. The van der Waals surface area contributed by atoms with E-state index in [1.807, 2.05) is 69.3 Å². The molecule has 174 valence electrons. The summed E-state index contributed by atoms with van der Waals surface area (Å²) in [6, 6.07) is 14.8. The maximum absolute atomic E-state index is 13.3. The number of carbonyl (C=O) groups excluding carboxylic acids is 2. The van der Waals surface area contributed by atoms with Crippen LogP contribution in [-0.4, -0.2) is 41.7 Å². The number of carbonyl (C=O) groups is 2. The number of methoxy groups -OCH3 is 1. The molecule has 2 aromatic rings. The largest absolute Gasteiger partial charge is 0.497 e. The lowest BCUT2D eigenvalue weighted by atomic mass is 10.1. The van der Waals surface area contributed by atoms with Crippen LogP contribution in [0.5, 0.6) is 5.75 Å². The van der Waals surface area contributed by atoms with Gasteiger partial charge in [-0.1, -0.05) is 49.7 Å². The molecule has 2 amide bonds. The highest BCUT2D eigenvalue weighted by Crippen LogP contribution is 2.20. The van der Waals surface area contributed by atoms with Gasteiger partial charge >= 0.3 is 0 Å². The topological polar surface area (TPSA) is 58.6 Å². The number of nitrogens with one attached hydrogen (secondary N) is 1. The van der Waals surface area contributed by atoms with Crippen LogP contribution in [0.1, 0.15) is 44.7 Å². The van der Waals surface area contributed by atoms with Crippen molar-refractivity contribution in [1.29, 1.82) is 0 Å². The number of hydrogen-bond acceptors (Lipinski definition) is 4. The second-order valence-electron chi connectivity index (χ2n) is 7.73. The van der Waals surface area contributed by atoms with Crippen LogP contribution in [0.2, 0.25) is 5.02 Å². The fraction of sp³-hybridized carbons (Fsp3) is 0.440. The van der Waals surface area contributed by atoms with Gasteiger partial charge in [-0.25, -0.2) is 0 Å². The highest BCUT2D eigenvalue weighted by molar-refractivity contribution is 7.99. The highest BCUT2D eigenvalue weighted by Gasteiger charge is 2.29. The zero-order chi connectivity index (χ0) is 23.5. The molecule has 2 aromatic carbocycles. The van der Waals surface area contributed by atoms with Gasteiger partial charge in [0.2, 0.25) is 11.8 Å². The molecule has 7 heteroatoms. The number of hydrogen-bond donors (Lipinski definition) is 1. The number of rotatable bonds is 12. The Morgan fingerprint density at radius 3 is 2.44 bits per heavy atom. The number of halogens is 1. The summed E-state index contributed by atoms with van der Waals surface area (Å²) in [5, 5.41) is 3.73. The van der Waals surface area contributed by atoms with E-state index in [-0.39, 0.29) is 17.9 Å². The first kappa shape index (κ1) is 26.1. The van der Waals surface area contributed by atoms with Gasteiger partial charge in [-0.05, 0) is 55.2 Å². The van der Waals surface area contributed by atoms with Crippen LogP contribution in [0, 0.1) is 0 Å². The van der Waals surface area contributed by atoms with Gasteiger partial charge in [-0.15, -0.1) is 11.8 Å². The first-order valence-electron chi connectivity index (χ1n) is 10.9. The van der Waals surface area contributed by atoms with Crippen LogP contribution in [-0.2, 0) is 21.9 Å². The Morgan fingerprint density at radius 1 is 1.09 bits per heavy atom. The third-order valence-corrected chi connectivity index (χ3v) is 6.52. The van der Waals surface area contributed by atoms with Crippen LogP contribution in [0.3, 0.4) is 0 Å². The summed E-state index contributed by atoms with van der Waals surface area (Å²) in [4.78, 5) is 28.0. The SMILES string of the molecule is CCC(C)NC(=O)C(CC)N(Cc1cccc(OC)c1)C(=O)CSCc1ccc(Cl)cc1. The Morgan fingerprint density at radius 2 is 1.81 bits per heavy atom. The van der Waals surface area contributed by atoms with Gasteiger partial charge in [0.1, 0.15) is 11.8 Å². The third kappa shape index (κ3) is 8.06. The summed E-state index contributed by atoms with van der Waals surface area (Å²) in [5.74, 6) is 1.55. The van der Waals surface area contributed by atoms with Crippen LogP contribution < -0.4 is 10.1 Å². The van der Waals surface area contributed by atoms with E-state index < -0.39 is 6.04 Å². The monoisotopic (exact) mass is 476 g/mol. The number of thioether (sulfide) groups is 1. The van der Waals surface area contributed by atoms with E-state index in [1.165, 1.54) is 11.8 Å². The molecule has 0 fully saturated rings. The van der Waals surface area contributed by atoms with E-state index in [2.05, 4.69) is 5.32 Å². The van der Waals surface area contributed by atoms with E-state index in [4.69, 9.17) is 16.3 Å². The molecule has 2 atom stereocenters. The van der Waals surface area contributed by atoms with Gasteiger partial charge < -0.3 is 15.0 Å². The summed E-state index contributed by atoms with van der Waals surface area (Å²) in [6.45, 7) is 6.29. The van der Waals surface area contributed by atoms with Crippen molar-refractivity contribution < 1.29 is 14.3 Å². The highest BCUT2D eigenvalue weighted by atomic mass is 35.5. The zero-order valence-corrected chi connectivity index (χ0v) is 20.8. The van der Waals surface area contributed by atoms with Gasteiger partial charge in [0.25, 0.3) is 0 Å². The van der Waals surface area contributed by atoms with Crippen LogP contribution in [0.15, 0.2) is 48.5 Å². The lowest BCUT2D eigenvalue weighted by Gasteiger charge is -2.31. The first-order valence-corrected chi connectivity index (χ1v) is 12.5. The lowest BCUT2D eigenvalue weighted by Crippen LogP contribution is -2.51. The zero-order valence-electron chi connectivity index (χ0n) is 19.3. The molecular weight excluding hydrogens is 444 g/mol. The van der Waals surface area contributed by atoms with Crippen LogP contribution in [0.25, 0.3) is 0 Å². The molecule has 32 heavy (non-hydrogen) atoms. The van der Waals surface area contributed by atoms with Gasteiger partial charge in [0.15, 0.2) is 0 Å². The minimum Gasteiger partial charge on any atom is -0.497 e. The average Bonchev–Trinajstić information content (AvgIpc) is 2.80. The predicted molar refractivity (Wildman–Crippen MR) is 133 cm³/mol. The molecule has 0 spiro atoms. The van der Waals surface area contributed by atoms with Gasteiger partial charge in [-0.2, -0.15) is 0 Å². The molecule has 0 aliphatic carbocycles. The molecule has 0 bridgehead atoms. The molecule has 0 radical (unpaired) electrons. The molecule has 0 aliphatic rings.